The lowest BCUT2D eigenvalue weighted by Crippen LogP contribution is -2.41. The fourth-order valence-corrected chi connectivity index (χ4v) is 4.69. The van der Waals surface area contributed by atoms with E-state index in [1.165, 1.54) is 6.26 Å². The SMILES string of the molecule is CCOC(=O)C1CCN(c2ncnc3c2CN(C(=O)c2ccc(-c4ccon4)cc2)CC3)CC1. The summed E-state index contributed by atoms with van der Waals surface area (Å²) in [6.07, 6.45) is 5.29. The maximum atomic E-state index is 13.3. The van der Waals surface area contributed by atoms with Gasteiger partial charge in [0.25, 0.3) is 5.91 Å². The first-order chi connectivity index (χ1) is 16.6. The van der Waals surface area contributed by atoms with Crippen LogP contribution >= 0.6 is 0 Å². The second-order valence-electron chi connectivity index (χ2n) is 8.57. The third-order valence-corrected chi connectivity index (χ3v) is 6.55. The summed E-state index contributed by atoms with van der Waals surface area (Å²) >= 11 is 0. The number of amides is 1. The van der Waals surface area contributed by atoms with Crippen molar-refractivity contribution in [1.82, 2.24) is 20.0 Å². The Morgan fingerprint density at radius 3 is 2.59 bits per heavy atom. The summed E-state index contributed by atoms with van der Waals surface area (Å²) in [4.78, 5) is 38.5. The lowest BCUT2D eigenvalue weighted by molar-refractivity contribution is -0.148. The molecule has 9 nitrogen and oxygen atoms in total. The van der Waals surface area contributed by atoms with Gasteiger partial charge < -0.3 is 19.1 Å². The molecule has 0 N–H and O–H groups in total. The molecule has 1 saturated heterocycles. The number of aromatic nitrogens is 3. The Bertz CT molecular complexity index is 1150. The molecule has 0 saturated carbocycles. The minimum atomic E-state index is -0.113. The minimum Gasteiger partial charge on any atom is -0.466 e. The van der Waals surface area contributed by atoms with Crippen LogP contribution in [0.25, 0.3) is 11.3 Å². The van der Waals surface area contributed by atoms with E-state index in [4.69, 9.17) is 9.26 Å². The highest BCUT2D eigenvalue weighted by molar-refractivity contribution is 5.95. The summed E-state index contributed by atoms with van der Waals surface area (Å²) in [5.41, 5.74) is 4.25. The van der Waals surface area contributed by atoms with Crippen LogP contribution in [0.1, 0.15) is 41.4 Å². The molecule has 3 aromatic rings. The molecule has 0 unspecified atom stereocenters. The molecule has 176 valence electrons. The van der Waals surface area contributed by atoms with Crippen molar-refractivity contribution in [2.75, 3.05) is 31.1 Å². The molecule has 0 bridgehead atoms. The summed E-state index contributed by atoms with van der Waals surface area (Å²) < 4.78 is 10.1. The molecule has 2 aliphatic heterocycles. The van der Waals surface area contributed by atoms with Gasteiger partial charge in [0.2, 0.25) is 0 Å². The van der Waals surface area contributed by atoms with Gasteiger partial charge in [0.15, 0.2) is 0 Å². The number of rotatable bonds is 5. The zero-order valence-electron chi connectivity index (χ0n) is 19.1. The molecule has 0 aliphatic carbocycles. The van der Waals surface area contributed by atoms with E-state index in [-0.39, 0.29) is 17.8 Å². The van der Waals surface area contributed by atoms with Crippen LogP contribution in [0.3, 0.4) is 0 Å². The zero-order chi connectivity index (χ0) is 23.5. The Morgan fingerprint density at radius 2 is 1.88 bits per heavy atom. The average Bonchev–Trinajstić information content (AvgIpc) is 3.43. The molecule has 5 rings (SSSR count). The predicted octanol–water partition coefficient (Wildman–Crippen LogP) is 3.11. The maximum absolute atomic E-state index is 13.3. The average molecular weight is 462 g/mol. The smallest absolute Gasteiger partial charge is 0.309 e. The van der Waals surface area contributed by atoms with E-state index in [2.05, 4.69) is 20.0 Å². The molecule has 2 aromatic heterocycles. The fourth-order valence-electron chi connectivity index (χ4n) is 4.69. The minimum absolute atomic E-state index is 0.0202. The number of hydrogen-bond donors (Lipinski definition) is 0. The van der Waals surface area contributed by atoms with Gasteiger partial charge in [-0.3, -0.25) is 9.59 Å². The topological polar surface area (TPSA) is 102 Å². The van der Waals surface area contributed by atoms with Gasteiger partial charge in [-0.15, -0.1) is 0 Å². The van der Waals surface area contributed by atoms with E-state index in [1.807, 2.05) is 36.1 Å². The molecule has 1 fully saturated rings. The van der Waals surface area contributed by atoms with Crippen molar-refractivity contribution < 1.29 is 18.8 Å². The van der Waals surface area contributed by atoms with E-state index in [0.717, 1.165) is 54.3 Å². The van der Waals surface area contributed by atoms with Crippen molar-refractivity contribution in [3.05, 3.63) is 59.7 Å². The summed E-state index contributed by atoms with van der Waals surface area (Å²) in [6, 6.07) is 9.20. The number of hydrogen-bond acceptors (Lipinski definition) is 8. The number of ether oxygens (including phenoxy) is 1. The highest BCUT2D eigenvalue weighted by atomic mass is 16.5. The summed E-state index contributed by atoms with van der Waals surface area (Å²) in [5.74, 6) is 0.671. The van der Waals surface area contributed by atoms with Crippen LogP contribution in [0.2, 0.25) is 0 Å². The van der Waals surface area contributed by atoms with Gasteiger partial charge >= 0.3 is 5.97 Å². The number of fused-ring (bicyclic) bond motifs is 1. The number of carbonyl (C=O) groups excluding carboxylic acids is 2. The Morgan fingerprint density at radius 1 is 1.09 bits per heavy atom. The lowest BCUT2D eigenvalue weighted by atomic mass is 9.96. The van der Waals surface area contributed by atoms with Crippen LogP contribution < -0.4 is 4.90 Å². The number of piperidine rings is 1. The Hall–Kier alpha value is -3.75. The van der Waals surface area contributed by atoms with Crippen LogP contribution in [0, 0.1) is 5.92 Å². The molecule has 0 atom stereocenters. The van der Waals surface area contributed by atoms with E-state index in [0.29, 0.717) is 31.7 Å². The van der Waals surface area contributed by atoms with Gasteiger partial charge in [-0.25, -0.2) is 9.97 Å². The highest BCUT2D eigenvalue weighted by Crippen LogP contribution is 2.30. The highest BCUT2D eigenvalue weighted by Gasteiger charge is 2.31. The maximum Gasteiger partial charge on any atom is 0.309 e. The van der Waals surface area contributed by atoms with Crippen molar-refractivity contribution in [2.24, 2.45) is 5.92 Å². The van der Waals surface area contributed by atoms with Gasteiger partial charge in [0.05, 0.1) is 24.8 Å². The standard InChI is InChI=1S/C25H27N5O4/c1-2-33-25(32)19-7-11-29(12-8-19)23-20-15-30(13-9-22(20)26-16-27-23)24(31)18-5-3-17(4-6-18)21-10-14-34-28-21/h3-6,10,14,16,19H,2,7-9,11-13,15H2,1H3. The van der Waals surface area contributed by atoms with E-state index in [1.54, 1.807) is 12.4 Å². The number of nitrogens with zero attached hydrogens (tertiary/aromatic N) is 5. The monoisotopic (exact) mass is 461 g/mol. The molecule has 1 amide bonds. The zero-order valence-corrected chi connectivity index (χ0v) is 19.1. The molecule has 1 aromatic carbocycles. The molecule has 0 radical (unpaired) electrons. The lowest BCUT2D eigenvalue weighted by Gasteiger charge is -2.35. The first-order valence-corrected chi connectivity index (χ1v) is 11.7. The third kappa shape index (κ3) is 4.37. The molecule has 34 heavy (non-hydrogen) atoms. The van der Waals surface area contributed by atoms with E-state index < -0.39 is 0 Å². The Kier molecular flexibility index (Phi) is 6.24. The molecule has 2 aliphatic rings. The van der Waals surface area contributed by atoms with Gasteiger partial charge in [0, 0.05) is 48.8 Å². The van der Waals surface area contributed by atoms with Crippen LogP contribution in [-0.2, 0) is 22.5 Å². The largest absolute Gasteiger partial charge is 0.466 e. The number of carbonyl (C=O) groups is 2. The van der Waals surface area contributed by atoms with Crippen LogP contribution in [0.5, 0.6) is 0 Å². The van der Waals surface area contributed by atoms with Crippen molar-refractivity contribution in [1.29, 1.82) is 0 Å². The molecular weight excluding hydrogens is 434 g/mol. The molecule has 9 heteroatoms. The van der Waals surface area contributed by atoms with Crippen LogP contribution in [0.4, 0.5) is 5.82 Å². The Labute approximate surface area is 197 Å². The number of esters is 1. The first kappa shape index (κ1) is 22.1. The first-order valence-electron chi connectivity index (χ1n) is 11.7. The molecule has 4 heterocycles. The van der Waals surface area contributed by atoms with Crippen molar-refractivity contribution in [3.8, 4) is 11.3 Å². The number of benzene rings is 1. The molecule has 0 spiro atoms. The van der Waals surface area contributed by atoms with Gasteiger partial charge in [-0.2, -0.15) is 0 Å². The van der Waals surface area contributed by atoms with Gasteiger partial charge in [0.1, 0.15) is 24.1 Å². The van der Waals surface area contributed by atoms with Gasteiger partial charge in [-0.05, 0) is 31.9 Å². The quantitative estimate of drug-likeness (QED) is 0.534. The second kappa shape index (κ2) is 9.62. The van der Waals surface area contributed by atoms with Crippen LogP contribution in [0.15, 0.2) is 47.4 Å². The van der Waals surface area contributed by atoms with E-state index in [9.17, 15) is 9.59 Å². The van der Waals surface area contributed by atoms with Gasteiger partial charge in [-0.1, -0.05) is 17.3 Å². The van der Waals surface area contributed by atoms with E-state index >= 15 is 0 Å². The van der Waals surface area contributed by atoms with Crippen molar-refractivity contribution in [2.45, 2.75) is 32.7 Å². The summed E-state index contributed by atoms with van der Waals surface area (Å²) in [7, 11) is 0. The van der Waals surface area contributed by atoms with Crippen LogP contribution in [-0.4, -0.2) is 58.1 Å². The van der Waals surface area contributed by atoms with Crippen molar-refractivity contribution in [3.63, 3.8) is 0 Å². The predicted molar refractivity (Wildman–Crippen MR) is 124 cm³/mol. The Balaban J connectivity index is 1.29. The second-order valence-corrected chi connectivity index (χ2v) is 8.57. The summed E-state index contributed by atoms with van der Waals surface area (Å²) in [6.45, 7) is 4.77. The fraction of sp³-hybridized carbons (Fsp3) is 0.400. The number of anilines is 1. The summed E-state index contributed by atoms with van der Waals surface area (Å²) in [5, 5.41) is 3.94. The van der Waals surface area contributed by atoms with Crippen molar-refractivity contribution >= 4 is 17.7 Å². The molecular formula is C25H27N5O4. The third-order valence-electron chi connectivity index (χ3n) is 6.55. The normalized spacial score (nSPS) is 16.3.